The third-order valence-electron chi connectivity index (χ3n) is 6.82. The molecule has 2 N–H and O–H groups in total. The van der Waals surface area contributed by atoms with Gasteiger partial charge >= 0.3 is 5.97 Å². The number of anilines is 1. The maximum Gasteiger partial charge on any atom is 0.308 e. The van der Waals surface area contributed by atoms with Gasteiger partial charge in [0.2, 0.25) is 5.91 Å². The summed E-state index contributed by atoms with van der Waals surface area (Å²) in [7, 11) is 0. The van der Waals surface area contributed by atoms with Crippen LogP contribution >= 0.6 is 23.4 Å². The molecule has 1 spiro atoms. The first-order valence-electron chi connectivity index (χ1n) is 10.3. The van der Waals surface area contributed by atoms with Crippen LogP contribution in [-0.2, 0) is 14.4 Å². The highest BCUT2D eigenvalue weighted by Gasteiger charge is 2.76. The lowest BCUT2D eigenvalue weighted by Gasteiger charge is -2.40. The summed E-state index contributed by atoms with van der Waals surface area (Å²) in [5, 5.41) is 19.8. The van der Waals surface area contributed by atoms with E-state index in [1.54, 1.807) is 35.2 Å². The summed E-state index contributed by atoms with van der Waals surface area (Å²) in [5.74, 6) is -3.26. The van der Waals surface area contributed by atoms with Crippen LogP contribution in [0.3, 0.4) is 0 Å². The lowest BCUT2D eigenvalue weighted by atomic mass is 9.66. The first-order chi connectivity index (χ1) is 14.8. The Balaban J connectivity index is 1.81. The number of amides is 2. The van der Waals surface area contributed by atoms with Gasteiger partial charge in [0.25, 0.3) is 5.91 Å². The molecule has 4 rings (SSSR count). The number of aliphatic hydroxyl groups is 1. The number of rotatable bonds is 7. The Labute approximate surface area is 190 Å². The molecule has 2 amide bonds. The summed E-state index contributed by atoms with van der Waals surface area (Å²) in [6.45, 7) is 5.66. The molecule has 3 fully saturated rings. The molecule has 3 heterocycles. The number of β-amino-alcohol motifs (C(OH)–C–C–N with tert-alkyl or cyclic N) is 1. The Hall–Kier alpha value is -2.03. The predicted molar refractivity (Wildman–Crippen MR) is 119 cm³/mol. The average Bonchev–Trinajstić information content (AvgIpc) is 3.31. The van der Waals surface area contributed by atoms with Crippen molar-refractivity contribution < 1.29 is 24.6 Å². The molecule has 31 heavy (non-hydrogen) atoms. The number of likely N-dealkylation sites (tertiary alicyclic amines) is 1. The number of thioether (sulfide) groups is 1. The molecule has 2 bridgehead atoms. The van der Waals surface area contributed by atoms with Gasteiger partial charge in [-0.2, -0.15) is 0 Å². The van der Waals surface area contributed by atoms with Gasteiger partial charge in [-0.05, 0) is 36.6 Å². The van der Waals surface area contributed by atoms with Gasteiger partial charge in [0.05, 0.1) is 23.2 Å². The van der Waals surface area contributed by atoms with E-state index in [1.807, 2.05) is 6.92 Å². The van der Waals surface area contributed by atoms with Gasteiger partial charge in [0.15, 0.2) is 0 Å². The molecule has 3 aliphatic rings. The Morgan fingerprint density at radius 3 is 2.65 bits per heavy atom. The van der Waals surface area contributed by atoms with Crippen molar-refractivity contribution in [3.63, 3.8) is 0 Å². The predicted octanol–water partition coefficient (Wildman–Crippen LogP) is 2.27. The Kier molecular flexibility index (Phi) is 5.83. The highest BCUT2D eigenvalue weighted by Crippen LogP contribution is 2.68. The zero-order chi connectivity index (χ0) is 22.5. The Bertz CT molecular complexity index is 925. The van der Waals surface area contributed by atoms with Crippen molar-refractivity contribution in [3.8, 4) is 0 Å². The number of fused-ring (bicyclic) bond motifs is 1. The van der Waals surface area contributed by atoms with Crippen LogP contribution in [0.1, 0.15) is 13.3 Å². The van der Waals surface area contributed by atoms with E-state index in [0.29, 0.717) is 17.1 Å². The van der Waals surface area contributed by atoms with Crippen LogP contribution in [0.2, 0.25) is 5.02 Å². The molecule has 1 aromatic carbocycles. The first-order valence-corrected chi connectivity index (χ1v) is 11.5. The summed E-state index contributed by atoms with van der Waals surface area (Å²) < 4.78 is -0.830. The highest BCUT2D eigenvalue weighted by atomic mass is 35.5. The van der Waals surface area contributed by atoms with Gasteiger partial charge in [-0.1, -0.05) is 24.6 Å². The van der Waals surface area contributed by atoms with Crippen molar-refractivity contribution in [2.45, 2.75) is 29.4 Å². The zero-order valence-corrected chi connectivity index (χ0v) is 18.7. The van der Waals surface area contributed by atoms with Gasteiger partial charge in [0.1, 0.15) is 6.04 Å². The van der Waals surface area contributed by atoms with Crippen molar-refractivity contribution in [1.82, 2.24) is 4.90 Å². The normalized spacial score (nSPS) is 33.5. The lowest BCUT2D eigenvalue weighted by Crippen LogP contribution is -2.57. The van der Waals surface area contributed by atoms with Crippen molar-refractivity contribution in [2.75, 3.05) is 24.6 Å². The number of aliphatic hydroxyl groups excluding tert-OH is 1. The molecular formula is C22H25ClN2O5S. The molecule has 6 atom stereocenters. The second-order valence-electron chi connectivity index (χ2n) is 8.36. The van der Waals surface area contributed by atoms with Crippen molar-refractivity contribution >= 4 is 46.8 Å². The summed E-state index contributed by atoms with van der Waals surface area (Å²) in [5.41, 5.74) is 0.616. The fourth-order valence-corrected chi connectivity index (χ4v) is 8.18. The number of hydrogen-bond acceptors (Lipinski definition) is 5. The zero-order valence-electron chi connectivity index (χ0n) is 17.1. The van der Waals surface area contributed by atoms with Crippen LogP contribution < -0.4 is 4.90 Å². The number of hydrogen-bond donors (Lipinski definition) is 2. The summed E-state index contributed by atoms with van der Waals surface area (Å²) in [4.78, 5) is 42.5. The van der Waals surface area contributed by atoms with E-state index >= 15 is 0 Å². The van der Waals surface area contributed by atoms with Gasteiger partial charge < -0.3 is 20.0 Å². The quantitative estimate of drug-likeness (QED) is 0.601. The third-order valence-corrected chi connectivity index (χ3v) is 9.15. The number of benzene rings is 1. The standard InChI is InChI=1S/C22H25ClN2O5S/c1-3-8-24(14-6-4-13(23)5-7-14)20(28)18-22-12(2)11-15(31-22)16(21(29)30)17(22)19(27)25(18)9-10-26/h3-7,12,15-18,26H,1,8-11H2,2H3,(H,29,30)/t12?,15-,16+,17-,18?,22?/m0/s1. The summed E-state index contributed by atoms with van der Waals surface area (Å²) in [6, 6.07) is 5.97. The van der Waals surface area contributed by atoms with Gasteiger partial charge in [-0.3, -0.25) is 14.4 Å². The molecule has 166 valence electrons. The molecule has 0 aliphatic carbocycles. The average molecular weight is 465 g/mol. The lowest BCUT2D eigenvalue weighted by molar-refractivity contribution is -0.149. The summed E-state index contributed by atoms with van der Waals surface area (Å²) >= 11 is 7.49. The second kappa shape index (κ2) is 8.15. The second-order valence-corrected chi connectivity index (χ2v) is 10.3. The van der Waals surface area contributed by atoms with Gasteiger partial charge in [0, 0.05) is 29.0 Å². The Morgan fingerprint density at radius 2 is 2.06 bits per heavy atom. The largest absolute Gasteiger partial charge is 0.481 e. The van der Waals surface area contributed by atoms with Crippen molar-refractivity contribution in [1.29, 1.82) is 0 Å². The number of carboxylic acid groups (broad SMARTS) is 1. The molecule has 0 radical (unpaired) electrons. The molecule has 3 saturated heterocycles. The van der Waals surface area contributed by atoms with Crippen LogP contribution in [0.5, 0.6) is 0 Å². The molecule has 7 nitrogen and oxygen atoms in total. The summed E-state index contributed by atoms with van der Waals surface area (Å²) in [6.07, 6.45) is 2.25. The van der Waals surface area contributed by atoms with E-state index < -0.39 is 28.6 Å². The molecule has 0 saturated carbocycles. The van der Waals surface area contributed by atoms with E-state index in [4.69, 9.17) is 11.6 Å². The van der Waals surface area contributed by atoms with E-state index in [9.17, 15) is 24.6 Å². The number of carbonyl (C=O) groups excluding carboxylic acids is 2. The molecular weight excluding hydrogens is 440 g/mol. The molecule has 0 aromatic heterocycles. The van der Waals surface area contributed by atoms with E-state index in [0.717, 1.165) is 0 Å². The topological polar surface area (TPSA) is 98.2 Å². The maximum atomic E-state index is 14.0. The van der Waals surface area contributed by atoms with E-state index in [2.05, 4.69) is 6.58 Å². The highest BCUT2D eigenvalue weighted by molar-refractivity contribution is 8.02. The fourth-order valence-electron chi connectivity index (χ4n) is 5.65. The number of nitrogens with zero attached hydrogens (tertiary/aromatic N) is 2. The van der Waals surface area contributed by atoms with Gasteiger partial charge in [-0.15, -0.1) is 18.3 Å². The Morgan fingerprint density at radius 1 is 1.39 bits per heavy atom. The van der Waals surface area contributed by atoms with Crippen molar-refractivity contribution in [3.05, 3.63) is 41.9 Å². The number of carbonyl (C=O) groups is 3. The minimum absolute atomic E-state index is 0.0134. The minimum Gasteiger partial charge on any atom is -0.481 e. The number of halogens is 1. The fraction of sp³-hybridized carbons (Fsp3) is 0.500. The molecule has 3 aliphatic heterocycles. The minimum atomic E-state index is -0.998. The number of aliphatic carboxylic acids is 1. The van der Waals surface area contributed by atoms with Crippen LogP contribution in [0.15, 0.2) is 36.9 Å². The smallest absolute Gasteiger partial charge is 0.308 e. The molecule has 1 aromatic rings. The van der Waals surface area contributed by atoms with Crippen LogP contribution in [0.25, 0.3) is 0 Å². The van der Waals surface area contributed by atoms with E-state index in [1.165, 1.54) is 16.7 Å². The molecule has 3 unspecified atom stereocenters. The maximum absolute atomic E-state index is 14.0. The molecule has 9 heteroatoms. The van der Waals surface area contributed by atoms with Crippen LogP contribution in [0.4, 0.5) is 5.69 Å². The van der Waals surface area contributed by atoms with Gasteiger partial charge in [-0.25, -0.2) is 0 Å². The third kappa shape index (κ3) is 3.18. The van der Waals surface area contributed by atoms with Crippen LogP contribution in [-0.4, -0.2) is 68.6 Å². The van der Waals surface area contributed by atoms with E-state index in [-0.39, 0.29) is 42.7 Å². The van der Waals surface area contributed by atoms with Crippen molar-refractivity contribution in [2.24, 2.45) is 17.8 Å². The SMILES string of the molecule is C=CCN(C(=O)C1N(CCO)C(=O)[C@@H]2[C@H](C(=O)O)[C@@H]3CC(C)C12S3)c1ccc(Cl)cc1. The first kappa shape index (κ1) is 22.2. The number of carboxylic acids is 1. The monoisotopic (exact) mass is 464 g/mol. The van der Waals surface area contributed by atoms with Crippen LogP contribution in [0, 0.1) is 17.8 Å².